The molecule has 0 spiro atoms. The molecule has 3 fully saturated rings. The summed E-state index contributed by atoms with van der Waals surface area (Å²) in [7, 11) is -3.43. The summed E-state index contributed by atoms with van der Waals surface area (Å²) in [6.45, 7) is 0.250. The molecular formula is C15H20N2O2S. The smallest absolute Gasteiger partial charge is 0.241 e. The van der Waals surface area contributed by atoms with Crippen LogP contribution in [-0.4, -0.2) is 14.5 Å². The van der Waals surface area contributed by atoms with E-state index in [9.17, 15) is 8.42 Å². The first-order valence-corrected chi connectivity index (χ1v) is 8.90. The lowest BCUT2D eigenvalue weighted by Crippen LogP contribution is -2.31. The van der Waals surface area contributed by atoms with Crippen LogP contribution in [-0.2, 0) is 16.6 Å². The summed E-state index contributed by atoms with van der Waals surface area (Å²) in [5, 5.41) is 0. The fourth-order valence-electron chi connectivity index (χ4n) is 4.66. The summed E-state index contributed by atoms with van der Waals surface area (Å²) >= 11 is 0. The third kappa shape index (κ3) is 1.76. The molecule has 4 rings (SSSR count). The molecule has 4 nitrogen and oxygen atoms in total. The molecule has 5 heteroatoms. The van der Waals surface area contributed by atoms with E-state index in [1.807, 2.05) is 6.07 Å². The van der Waals surface area contributed by atoms with Crippen LogP contribution in [0, 0.1) is 23.7 Å². The van der Waals surface area contributed by atoms with Crippen LogP contribution in [0.15, 0.2) is 29.2 Å². The minimum atomic E-state index is -3.43. The lowest BCUT2D eigenvalue weighted by Gasteiger charge is -2.13. The first-order valence-electron chi connectivity index (χ1n) is 7.42. The third-order valence-corrected chi connectivity index (χ3v) is 7.07. The van der Waals surface area contributed by atoms with Gasteiger partial charge in [0.15, 0.2) is 0 Å². The van der Waals surface area contributed by atoms with Gasteiger partial charge in [-0.2, -0.15) is 0 Å². The summed E-state index contributed by atoms with van der Waals surface area (Å²) in [5.41, 5.74) is 6.34. The largest absolute Gasteiger partial charge is 0.326 e. The number of hydrogen-bond donors (Lipinski definition) is 2. The SMILES string of the molecule is NCc1ccccc1S(=O)(=O)NC1C2C3CCC(C3)C12. The molecule has 2 bridgehead atoms. The van der Waals surface area contributed by atoms with Gasteiger partial charge in [-0.1, -0.05) is 18.2 Å². The topological polar surface area (TPSA) is 72.2 Å². The van der Waals surface area contributed by atoms with E-state index < -0.39 is 10.0 Å². The molecule has 3 aliphatic carbocycles. The second kappa shape index (κ2) is 4.29. The van der Waals surface area contributed by atoms with Crippen LogP contribution >= 0.6 is 0 Å². The van der Waals surface area contributed by atoms with Gasteiger partial charge < -0.3 is 5.73 Å². The van der Waals surface area contributed by atoms with Crippen molar-refractivity contribution in [3.8, 4) is 0 Å². The predicted octanol–water partition coefficient (Wildman–Crippen LogP) is 1.47. The second-order valence-corrected chi connectivity index (χ2v) is 8.13. The molecule has 3 saturated carbocycles. The number of sulfonamides is 1. The van der Waals surface area contributed by atoms with Crippen LogP contribution in [0.3, 0.4) is 0 Å². The summed E-state index contributed by atoms with van der Waals surface area (Å²) in [5.74, 6) is 2.74. The standard InChI is InChI=1S/C15H20N2O2S/c16-8-11-3-1-2-4-12(11)20(18,19)17-15-13-9-5-6-10(7-9)14(13)15/h1-4,9-10,13-15,17H,5-8,16H2. The number of nitrogens with one attached hydrogen (secondary N) is 1. The van der Waals surface area contributed by atoms with Gasteiger partial charge >= 0.3 is 0 Å². The minimum Gasteiger partial charge on any atom is -0.326 e. The van der Waals surface area contributed by atoms with E-state index in [1.165, 1.54) is 19.3 Å². The maximum absolute atomic E-state index is 12.6. The lowest BCUT2D eigenvalue weighted by atomic mass is 10.0. The second-order valence-electron chi connectivity index (χ2n) is 6.45. The Labute approximate surface area is 119 Å². The molecule has 3 N–H and O–H groups in total. The molecular weight excluding hydrogens is 272 g/mol. The van der Waals surface area contributed by atoms with Crippen molar-refractivity contribution in [3.63, 3.8) is 0 Å². The van der Waals surface area contributed by atoms with E-state index in [-0.39, 0.29) is 12.6 Å². The minimum absolute atomic E-state index is 0.178. The Balaban J connectivity index is 1.57. The molecule has 3 aliphatic rings. The van der Waals surface area contributed by atoms with E-state index in [1.54, 1.807) is 18.2 Å². The molecule has 0 amide bonds. The Kier molecular flexibility index (Phi) is 2.75. The van der Waals surface area contributed by atoms with Gasteiger partial charge in [-0.15, -0.1) is 0 Å². The first kappa shape index (κ1) is 12.8. The van der Waals surface area contributed by atoms with Gasteiger partial charge in [-0.25, -0.2) is 13.1 Å². The van der Waals surface area contributed by atoms with Crippen molar-refractivity contribution >= 4 is 10.0 Å². The maximum atomic E-state index is 12.6. The average molecular weight is 292 g/mol. The highest BCUT2D eigenvalue weighted by atomic mass is 32.2. The van der Waals surface area contributed by atoms with E-state index in [4.69, 9.17) is 5.73 Å². The average Bonchev–Trinajstić information content (AvgIpc) is 2.85. The predicted molar refractivity (Wildman–Crippen MR) is 76.3 cm³/mol. The van der Waals surface area contributed by atoms with E-state index in [0.29, 0.717) is 22.3 Å². The summed E-state index contributed by atoms with van der Waals surface area (Å²) in [6, 6.07) is 7.19. The van der Waals surface area contributed by atoms with Crippen molar-refractivity contribution in [3.05, 3.63) is 29.8 Å². The van der Waals surface area contributed by atoms with Crippen molar-refractivity contribution in [1.82, 2.24) is 4.72 Å². The number of fused-ring (bicyclic) bond motifs is 5. The molecule has 108 valence electrons. The van der Waals surface area contributed by atoms with Gasteiger partial charge in [-0.3, -0.25) is 0 Å². The van der Waals surface area contributed by atoms with Gasteiger partial charge in [0.1, 0.15) is 0 Å². The van der Waals surface area contributed by atoms with Crippen molar-refractivity contribution in [2.75, 3.05) is 0 Å². The molecule has 4 unspecified atom stereocenters. The Morgan fingerprint density at radius 1 is 1.15 bits per heavy atom. The van der Waals surface area contributed by atoms with Crippen LogP contribution < -0.4 is 10.5 Å². The fraction of sp³-hybridized carbons (Fsp3) is 0.600. The summed E-state index contributed by atoms with van der Waals surface area (Å²) < 4.78 is 28.1. The third-order valence-electron chi connectivity index (χ3n) is 5.51. The molecule has 0 radical (unpaired) electrons. The zero-order chi connectivity index (χ0) is 13.9. The first-order chi connectivity index (χ1) is 9.62. The Hall–Kier alpha value is -0.910. The molecule has 1 aromatic rings. The fourth-order valence-corrected chi connectivity index (χ4v) is 6.21. The van der Waals surface area contributed by atoms with Gasteiger partial charge in [0.25, 0.3) is 0 Å². The normalized spacial score (nSPS) is 38.0. The van der Waals surface area contributed by atoms with Crippen LogP contribution in [0.1, 0.15) is 24.8 Å². The monoisotopic (exact) mass is 292 g/mol. The van der Waals surface area contributed by atoms with E-state index in [0.717, 1.165) is 11.8 Å². The zero-order valence-corrected chi connectivity index (χ0v) is 12.1. The van der Waals surface area contributed by atoms with Crippen LogP contribution in [0.2, 0.25) is 0 Å². The summed E-state index contributed by atoms with van der Waals surface area (Å²) in [4.78, 5) is 0.347. The van der Waals surface area contributed by atoms with Gasteiger partial charge in [-0.05, 0) is 54.6 Å². The highest BCUT2D eigenvalue weighted by Gasteiger charge is 2.65. The molecule has 20 heavy (non-hydrogen) atoms. The van der Waals surface area contributed by atoms with Gasteiger partial charge in [0.2, 0.25) is 10.0 Å². The van der Waals surface area contributed by atoms with E-state index in [2.05, 4.69) is 4.72 Å². The van der Waals surface area contributed by atoms with Crippen molar-refractivity contribution in [1.29, 1.82) is 0 Å². The Morgan fingerprint density at radius 2 is 1.80 bits per heavy atom. The van der Waals surface area contributed by atoms with E-state index >= 15 is 0 Å². The number of rotatable bonds is 4. The van der Waals surface area contributed by atoms with Crippen LogP contribution in [0.5, 0.6) is 0 Å². The number of benzene rings is 1. The van der Waals surface area contributed by atoms with Crippen molar-refractivity contribution < 1.29 is 8.42 Å². The maximum Gasteiger partial charge on any atom is 0.241 e. The quantitative estimate of drug-likeness (QED) is 0.882. The highest BCUT2D eigenvalue weighted by Crippen LogP contribution is 2.65. The van der Waals surface area contributed by atoms with Crippen molar-refractivity contribution in [2.45, 2.75) is 36.7 Å². The van der Waals surface area contributed by atoms with Crippen LogP contribution in [0.4, 0.5) is 0 Å². The molecule has 0 saturated heterocycles. The lowest BCUT2D eigenvalue weighted by molar-refractivity contribution is 0.456. The van der Waals surface area contributed by atoms with Gasteiger partial charge in [0, 0.05) is 12.6 Å². The van der Waals surface area contributed by atoms with Gasteiger partial charge in [0.05, 0.1) is 4.90 Å². The zero-order valence-electron chi connectivity index (χ0n) is 11.3. The molecule has 0 aromatic heterocycles. The number of nitrogens with two attached hydrogens (primary N) is 1. The number of hydrogen-bond acceptors (Lipinski definition) is 3. The Bertz CT molecular complexity index is 627. The van der Waals surface area contributed by atoms with Crippen LogP contribution in [0.25, 0.3) is 0 Å². The highest BCUT2D eigenvalue weighted by molar-refractivity contribution is 7.89. The Morgan fingerprint density at radius 3 is 2.45 bits per heavy atom. The molecule has 1 aromatic carbocycles. The molecule has 0 heterocycles. The molecule has 4 atom stereocenters. The molecule has 0 aliphatic heterocycles. The van der Waals surface area contributed by atoms with Crippen molar-refractivity contribution in [2.24, 2.45) is 29.4 Å². The summed E-state index contributed by atoms with van der Waals surface area (Å²) in [6.07, 6.45) is 3.92.